The zero-order chi connectivity index (χ0) is 19.4. The van der Waals surface area contributed by atoms with Crippen molar-refractivity contribution in [3.63, 3.8) is 0 Å². The van der Waals surface area contributed by atoms with Crippen LogP contribution in [-0.2, 0) is 15.8 Å². The van der Waals surface area contributed by atoms with E-state index < -0.39 is 10.0 Å². The minimum absolute atomic E-state index is 0.00467. The van der Waals surface area contributed by atoms with Crippen molar-refractivity contribution in [3.8, 4) is 0 Å². The third-order valence-electron chi connectivity index (χ3n) is 5.48. The maximum Gasteiger partial charge on any atom is 0.215 e. The van der Waals surface area contributed by atoms with Gasteiger partial charge in [-0.2, -0.15) is 11.3 Å². The molecule has 1 N–H and O–H groups in total. The molecule has 1 unspecified atom stereocenters. The van der Waals surface area contributed by atoms with E-state index in [-0.39, 0.29) is 11.8 Å². The predicted molar refractivity (Wildman–Crippen MR) is 117 cm³/mol. The third-order valence-corrected chi connectivity index (χ3v) is 7.48. The summed E-state index contributed by atoms with van der Waals surface area (Å²) in [5, 5.41) is 6.27. The van der Waals surface area contributed by atoms with Crippen LogP contribution in [0.1, 0.15) is 36.4 Å². The number of piperidine rings is 1. The first-order valence-electron chi connectivity index (χ1n) is 9.82. The van der Waals surface area contributed by atoms with Gasteiger partial charge >= 0.3 is 0 Å². The molecule has 0 amide bonds. The van der Waals surface area contributed by atoms with Crippen LogP contribution in [0.15, 0.2) is 59.3 Å². The number of likely N-dealkylation sites (tertiary alicyclic amines) is 1. The molecule has 0 saturated carbocycles. The first-order chi connectivity index (χ1) is 13.6. The van der Waals surface area contributed by atoms with E-state index in [4.69, 9.17) is 0 Å². The molecule has 1 aliphatic heterocycles. The normalized spacial score (nSPS) is 17.0. The average molecular weight is 415 g/mol. The van der Waals surface area contributed by atoms with Crippen LogP contribution in [0.25, 0.3) is 10.8 Å². The lowest BCUT2D eigenvalue weighted by atomic mass is 10.0. The van der Waals surface area contributed by atoms with E-state index in [1.807, 2.05) is 42.5 Å². The van der Waals surface area contributed by atoms with Crippen molar-refractivity contribution < 1.29 is 8.42 Å². The SMILES string of the molecule is O=S(=O)(Cc1cccc2ccccc12)NCC(c1ccsc1)N1CCCCC1. The van der Waals surface area contributed by atoms with Crippen LogP contribution < -0.4 is 4.72 Å². The van der Waals surface area contributed by atoms with E-state index in [1.165, 1.54) is 24.8 Å². The molecule has 6 heteroatoms. The Morgan fingerprint density at radius 1 is 1.00 bits per heavy atom. The molecule has 0 radical (unpaired) electrons. The molecule has 4 nitrogen and oxygen atoms in total. The summed E-state index contributed by atoms with van der Waals surface area (Å²) < 4.78 is 28.6. The van der Waals surface area contributed by atoms with E-state index in [9.17, 15) is 8.42 Å². The Hall–Kier alpha value is -1.73. The molecule has 0 bridgehead atoms. The number of rotatable bonds is 7. The summed E-state index contributed by atoms with van der Waals surface area (Å²) in [6.07, 6.45) is 3.63. The smallest absolute Gasteiger partial charge is 0.215 e. The largest absolute Gasteiger partial charge is 0.295 e. The Bertz CT molecular complexity index is 1000. The van der Waals surface area contributed by atoms with Gasteiger partial charge in [-0.3, -0.25) is 4.90 Å². The molecule has 1 aromatic heterocycles. The van der Waals surface area contributed by atoms with Crippen LogP contribution >= 0.6 is 11.3 Å². The predicted octanol–water partition coefficient (Wildman–Crippen LogP) is 4.55. The van der Waals surface area contributed by atoms with Gasteiger partial charge in [-0.25, -0.2) is 13.1 Å². The number of nitrogens with one attached hydrogen (secondary N) is 1. The molecule has 0 spiro atoms. The van der Waals surface area contributed by atoms with Crippen molar-refractivity contribution in [2.45, 2.75) is 31.1 Å². The van der Waals surface area contributed by atoms with E-state index >= 15 is 0 Å². The van der Waals surface area contributed by atoms with Gasteiger partial charge in [-0.05, 0) is 64.7 Å². The molecule has 4 rings (SSSR count). The molecule has 0 aliphatic carbocycles. The van der Waals surface area contributed by atoms with Gasteiger partial charge in [0.1, 0.15) is 0 Å². The Kier molecular flexibility index (Phi) is 6.11. The summed E-state index contributed by atoms with van der Waals surface area (Å²) in [5.74, 6) is 0.00467. The van der Waals surface area contributed by atoms with Crippen LogP contribution in [0.4, 0.5) is 0 Å². The highest BCUT2D eigenvalue weighted by atomic mass is 32.2. The Morgan fingerprint density at radius 3 is 2.57 bits per heavy atom. The fourth-order valence-electron chi connectivity index (χ4n) is 4.03. The van der Waals surface area contributed by atoms with Gasteiger partial charge in [0.2, 0.25) is 10.0 Å². The Morgan fingerprint density at radius 2 is 1.79 bits per heavy atom. The second-order valence-corrected chi connectivity index (χ2v) is 10.0. The summed E-state index contributed by atoms with van der Waals surface area (Å²) in [6.45, 7) is 2.49. The van der Waals surface area contributed by atoms with Crippen LogP contribution in [-0.4, -0.2) is 33.0 Å². The Balaban J connectivity index is 1.50. The minimum atomic E-state index is -3.42. The number of fused-ring (bicyclic) bond motifs is 1. The molecule has 28 heavy (non-hydrogen) atoms. The van der Waals surface area contributed by atoms with Gasteiger partial charge in [0.05, 0.1) is 5.75 Å². The third kappa shape index (κ3) is 4.63. The monoisotopic (exact) mass is 414 g/mol. The summed E-state index contributed by atoms with van der Waals surface area (Å²) in [6, 6.07) is 16.0. The number of hydrogen-bond acceptors (Lipinski definition) is 4. The highest BCUT2D eigenvalue weighted by Crippen LogP contribution is 2.26. The zero-order valence-electron chi connectivity index (χ0n) is 15.9. The number of hydrogen-bond donors (Lipinski definition) is 1. The van der Waals surface area contributed by atoms with Crippen LogP contribution in [0.2, 0.25) is 0 Å². The average Bonchev–Trinajstić information content (AvgIpc) is 3.23. The fraction of sp³-hybridized carbons (Fsp3) is 0.364. The lowest BCUT2D eigenvalue weighted by Crippen LogP contribution is -2.40. The summed E-state index contributed by atoms with van der Waals surface area (Å²) in [4.78, 5) is 2.42. The van der Waals surface area contributed by atoms with Crippen molar-refractivity contribution in [2.75, 3.05) is 19.6 Å². The maximum atomic E-state index is 12.9. The number of nitrogens with zero attached hydrogens (tertiary/aromatic N) is 1. The van der Waals surface area contributed by atoms with Crippen LogP contribution in [0.5, 0.6) is 0 Å². The van der Waals surface area contributed by atoms with Gasteiger partial charge in [0.15, 0.2) is 0 Å². The van der Waals surface area contributed by atoms with E-state index in [0.717, 1.165) is 29.4 Å². The van der Waals surface area contributed by atoms with Gasteiger partial charge < -0.3 is 0 Å². The maximum absolute atomic E-state index is 12.9. The molecule has 1 saturated heterocycles. The summed E-state index contributed by atoms with van der Waals surface area (Å²) in [7, 11) is -3.42. The zero-order valence-corrected chi connectivity index (χ0v) is 17.5. The minimum Gasteiger partial charge on any atom is -0.295 e. The molecule has 1 atom stereocenters. The standard InChI is InChI=1S/C22H26N2O2S2/c25-28(26,17-20-9-6-8-18-7-2-3-10-21(18)20)23-15-22(19-11-14-27-16-19)24-12-4-1-5-13-24/h2-3,6-11,14,16,22-23H,1,4-5,12-13,15,17H2. The molecule has 3 aromatic rings. The fourth-order valence-corrected chi connectivity index (χ4v) is 5.91. The van der Waals surface area contributed by atoms with Gasteiger partial charge in [-0.15, -0.1) is 0 Å². The first kappa shape index (κ1) is 19.6. The number of benzene rings is 2. The van der Waals surface area contributed by atoms with Gasteiger partial charge in [-0.1, -0.05) is 48.9 Å². The van der Waals surface area contributed by atoms with E-state index in [1.54, 1.807) is 11.3 Å². The van der Waals surface area contributed by atoms with Crippen molar-refractivity contribution in [1.82, 2.24) is 9.62 Å². The van der Waals surface area contributed by atoms with Gasteiger partial charge in [0.25, 0.3) is 0 Å². The summed E-state index contributed by atoms with van der Waals surface area (Å²) >= 11 is 1.67. The second-order valence-electron chi connectivity index (χ2n) is 7.41. The lowest BCUT2D eigenvalue weighted by molar-refractivity contribution is 0.165. The molecule has 1 aliphatic rings. The molecule has 148 valence electrons. The summed E-state index contributed by atoms with van der Waals surface area (Å²) in [5.41, 5.74) is 2.05. The molecule has 1 fully saturated rings. The number of thiophene rings is 1. The highest BCUT2D eigenvalue weighted by molar-refractivity contribution is 7.88. The lowest BCUT2D eigenvalue weighted by Gasteiger charge is -2.34. The van der Waals surface area contributed by atoms with Crippen molar-refractivity contribution in [2.24, 2.45) is 0 Å². The first-order valence-corrected chi connectivity index (χ1v) is 12.4. The number of sulfonamides is 1. The highest BCUT2D eigenvalue weighted by Gasteiger charge is 2.24. The van der Waals surface area contributed by atoms with Crippen LogP contribution in [0, 0.1) is 0 Å². The quantitative estimate of drug-likeness (QED) is 0.617. The molecule has 2 heterocycles. The van der Waals surface area contributed by atoms with E-state index in [2.05, 4.69) is 26.4 Å². The van der Waals surface area contributed by atoms with Crippen molar-refractivity contribution in [1.29, 1.82) is 0 Å². The Labute approximate surface area is 171 Å². The van der Waals surface area contributed by atoms with E-state index in [0.29, 0.717) is 6.54 Å². The second kappa shape index (κ2) is 8.74. The van der Waals surface area contributed by atoms with Crippen molar-refractivity contribution >= 4 is 32.1 Å². The van der Waals surface area contributed by atoms with Crippen LogP contribution in [0.3, 0.4) is 0 Å². The van der Waals surface area contributed by atoms with Gasteiger partial charge in [0, 0.05) is 12.6 Å². The molecular weight excluding hydrogens is 388 g/mol. The molecular formula is C22H26N2O2S2. The topological polar surface area (TPSA) is 49.4 Å². The van der Waals surface area contributed by atoms with Crippen molar-refractivity contribution in [3.05, 3.63) is 70.4 Å². The molecule has 2 aromatic carbocycles.